The number of hydrogen-bond donors (Lipinski definition) is 3. The minimum Gasteiger partial charge on any atom is -0.320 e. The second kappa shape index (κ2) is 4.68. The summed E-state index contributed by atoms with van der Waals surface area (Å²) < 4.78 is 0. The minimum absolute atomic E-state index is 0.237. The molecule has 5 nitrogen and oxygen atoms in total. The molecule has 0 saturated carbocycles. The van der Waals surface area contributed by atoms with Crippen LogP contribution >= 0.6 is 0 Å². The van der Waals surface area contributed by atoms with E-state index in [9.17, 15) is 9.59 Å². The maximum atomic E-state index is 10.7. The van der Waals surface area contributed by atoms with Crippen LogP contribution in [0.15, 0.2) is 0 Å². The lowest BCUT2D eigenvalue weighted by Gasteiger charge is -2.07. The second-order valence-electron chi connectivity index (χ2n) is 2.18. The van der Waals surface area contributed by atoms with Crippen LogP contribution in [-0.4, -0.2) is 17.9 Å². The Balaban J connectivity index is 3.54. The van der Waals surface area contributed by atoms with Crippen molar-refractivity contribution >= 4 is 11.8 Å². The first kappa shape index (κ1) is 9.90. The Labute approximate surface area is 65.3 Å². The highest BCUT2D eigenvalue weighted by molar-refractivity contribution is 5.84. The summed E-state index contributed by atoms with van der Waals surface area (Å²) in [6.07, 6.45) is 0.333. The topological polar surface area (TPSA) is 84.2 Å². The van der Waals surface area contributed by atoms with Crippen molar-refractivity contribution in [1.29, 1.82) is 0 Å². The molecule has 0 saturated heterocycles. The van der Waals surface area contributed by atoms with Crippen molar-refractivity contribution in [3.05, 3.63) is 0 Å². The van der Waals surface area contributed by atoms with Gasteiger partial charge in [-0.1, -0.05) is 6.92 Å². The first-order valence-corrected chi connectivity index (χ1v) is 3.42. The Kier molecular flexibility index (Phi) is 4.21. The molecule has 0 aliphatic heterocycles. The molecule has 0 spiro atoms. The van der Waals surface area contributed by atoms with Gasteiger partial charge in [-0.05, 0) is 6.92 Å². The molecule has 0 radical (unpaired) electrons. The third-order valence-electron chi connectivity index (χ3n) is 1.06. The fourth-order valence-electron chi connectivity index (χ4n) is 0.334. The first-order chi connectivity index (χ1) is 5.07. The van der Waals surface area contributed by atoms with Gasteiger partial charge in [0.15, 0.2) is 0 Å². The minimum atomic E-state index is -0.604. The highest BCUT2D eigenvalue weighted by Crippen LogP contribution is 1.74. The van der Waals surface area contributed by atoms with Crippen molar-refractivity contribution in [1.82, 2.24) is 10.9 Å². The van der Waals surface area contributed by atoms with E-state index >= 15 is 0 Å². The normalized spacial score (nSPS) is 11.9. The zero-order valence-corrected chi connectivity index (χ0v) is 6.68. The fraction of sp³-hybridized carbons (Fsp3) is 0.667. The van der Waals surface area contributed by atoms with Gasteiger partial charge in [0.25, 0.3) is 5.91 Å². The second-order valence-corrected chi connectivity index (χ2v) is 2.18. The molecule has 64 valence electrons. The molecule has 0 heterocycles. The standard InChI is InChI=1S/C6H13N3O2/c1-3-5(10)8-9-6(11)4(2)7/h4H,3,7H2,1-2H3,(H,8,10)(H,9,11). The molecule has 5 heteroatoms. The Hall–Kier alpha value is -1.10. The third kappa shape index (κ3) is 4.32. The molecule has 0 aromatic carbocycles. The van der Waals surface area contributed by atoms with Crippen LogP contribution < -0.4 is 16.6 Å². The van der Waals surface area contributed by atoms with Gasteiger partial charge in [-0.15, -0.1) is 0 Å². The van der Waals surface area contributed by atoms with Crippen molar-refractivity contribution in [3.63, 3.8) is 0 Å². The lowest BCUT2D eigenvalue weighted by Crippen LogP contribution is -2.47. The molecule has 0 aliphatic carbocycles. The fourth-order valence-corrected chi connectivity index (χ4v) is 0.334. The molecule has 1 unspecified atom stereocenters. The van der Waals surface area contributed by atoms with Crippen molar-refractivity contribution in [3.8, 4) is 0 Å². The van der Waals surface area contributed by atoms with Gasteiger partial charge in [-0.3, -0.25) is 20.4 Å². The van der Waals surface area contributed by atoms with E-state index in [1.165, 1.54) is 6.92 Å². The summed E-state index contributed by atoms with van der Waals surface area (Å²) in [7, 11) is 0. The molecule has 4 N–H and O–H groups in total. The van der Waals surface area contributed by atoms with E-state index in [2.05, 4.69) is 10.9 Å². The molecule has 0 aliphatic rings. The van der Waals surface area contributed by atoms with Gasteiger partial charge in [0.05, 0.1) is 6.04 Å². The average molecular weight is 159 g/mol. The van der Waals surface area contributed by atoms with E-state index in [4.69, 9.17) is 5.73 Å². The number of nitrogens with one attached hydrogen (secondary N) is 2. The largest absolute Gasteiger partial charge is 0.320 e. The summed E-state index contributed by atoms with van der Waals surface area (Å²) in [6, 6.07) is -0.604. The number of hydrogen-bond acceptors (Lipinski definition) is 3. The van der Waals surface area contributed by atoms with Crippen LogP contribution in [0.3, 0.4) is 0 Å². The highest BCUT2D eigenvalue weighted by atomic mass is 16.2. The third-order valence-corrected chi connectivity index (χ3v) is 1.06. The zero-order valence-electron chi connectivity index (χ0n) is 6.68. The SMILES string of the molecule is CCC(=O)NNC(=O)C(C)N. The lowest BCUT2D eigenvalue weighted by atomic mass is 10.3. The van der Waals surface area contributed by atoms with Crippen molar-refractivity contribution in [2.24, 2.45) is 5.73 Å². The molecule has 0 fully saturated rings. The number of amides is 2. The average Bonchev–Trinajstić information content (AvgIpc) is 1.99. The predicted octanol–water partition coefficient (Wildman–Crippen LogP) is -1.11. The Morgan fingerprint density at radius 2 is 2.00 bits per heavy atom. The molecular weight excluding hydrogens is 146 g/mol. The molecule has 0 aromatic rings. The molecule has 2 amide bonds. The van der Waals surface area contributed by atoms with Crippen LogP contribution in [0.5, 0.6) is 0 Å². The van der Waals surface area contributed by atoms with E-state index in [0.29, 0.717) is 6.42 Å². The quantitative estimate of drug-likeness (QED) is 0.447. The summed E-state index contributed by atoms with van der Waals surface area (Å²) in [5, 5.41) is 0. The van der Waals surface area contributed by atoms with E-state index in [1.807, 2.05) is 0 Å². The number of carbonyl (C=O) groups is 2. The molecule has 1 atom stereocenters. The number of rotatable bonds is 2. The van der Waals surface area contributed by atoms with Gasteiger partial charge in [0.1, 0.15) is 0 Å². The van der Waals surface area contributed by atoms with Crippen LogP contribution in [-0.2, 0) is 9.59 Å². The van der Waals surface area contributed by atoms with E-state index < -0.39 is 11.9 Å². The van der Waals surface area contributed by atoms with Gasteiger partial charge in [-0.2, -0.15) is 0 Å². The van der Waals surface area contributed by atoms with Crippen LogP contribution in [0.2, 0.25) is 0 Å². The molecule has 0 bridgehead atoms. The zero-order chi connectivity index (χ0) is 8.85. The van der Waals surface area contributed by atoms with Crippen molar-refractivity contribution < 1.29 is 9.59 Å². The van der Waals surface area contributed by atoms with Gasteiger partial charge in [-0.25, -0.2) is 0 Å². The summed E-state index contributed by atoms with van der Waals surface area (Å²) in [5.74, 6) is -0.634. The highest BCUT2D eigenvalue weighted by Gasteiger charge is 2.06. The van der Waals surface area contributed by atoms with Gasteiger partial charge in [0.2, 0.25) is 5.91 Å². The van der Waals surface area contributed by atoms with E-state index in [0.717, 1.165) is 0 Å². The lowest BCUT2D eigenvalue weighted by molar-refractivity contribution is -0.129. The summed E-state index contributed by atoms with van der Waals surface area (Å²) in [5.41, 5.74) is 9.56. The molecule has 0 aromatic heterocycles. The van der Waals surface area contributed by atoms with Crippen LogP contribution in [0.25, 0.3) is 0 Å². The number of hydrazine groups is 1. The molecule has 0 rings (SSSR count). The summed E-state index contributed by atoms with van der Waals surface area (Å²) in [4.78, 5) is 21.3. The van der Waals surface area contributed by atoms with Gasteiger partial charge < -0.3 is 5.73 Å². The van der Waals surface area contributed by atoms with E-state index in [1.54, 1.807) is 6.92 Å². The van der Waals surface area contributed by atoms with E-state index in [-0.39, 0.29) is 5.91 Å². The van der Waals surface area contributed by atoms with Crippen molar-refractivity contribution in [2.45, 2.75) is 26.3 Å². The number of carbonyl (C=O) groups excluding carboxylic acids is 2. The number of nitrogens with two attached hydrogens (primary N) is 1. The summed E-state index contributed by atoms with van der Waals surface area (Å²) in [6.45, 7) is 3.22. The molecule has 11 heavy (non-hydrogen) atoms. The molecular formula is C6H13N3O2. The summed E-state index contributed by atoms with van der Waals surface area (Å²) >= 11 is 0. The van der Waals surface area contributed by atoms with Crippen LogP contribution in [0, 0.1) is 0 Å². The Bertz CT molecular complexity index is 156. The predicted molar refractivity (Wildman–Crippen MR) is 40.2 cm³/mol. The Morgan fingerprint density at radius 1 is 1.45 bits per heavy atom. The maximum Gasteiger partial charge on any atom is 0.254 e. The Morgan fingerprint density at radius 3 is 2.36 bits per heavy atom. The van der Waals surface area contributed by atoms with Gasteiger partial charge in [0, 0.05) is 6.42 Å². The van der Waals surface area contributed by atoms with Gasteiger partial charge >= 0.3 is 0 Å². The van der Waals surface area contributed by atoms with Crippen LogP contribution in [0.4, 0.5) is 0 Å². The smallest absolute Gasteiger partial charge is 0.254 e. The first-order valence-electron chi connectivity index (χ1n) is 3.42. The van der Waals surface area contributed by atoms with Crippen LogP contribution in [0.1, 0.15) is 20.3 Å². The monoisotopic (exact) mass is 159 g/mol. The van der Waals surface area contributed by atoms with Crippen molar-refractivity contribution in [2.75, 3.05) is 0 Å². The maximum absolute atomic E-state index is 10.7.